The summed E-state index contributed by atoms with van der Waals surface area (Å²) in [6.07, 6.45) is 8.19. The second-order valence-electron chi connectivity index (χ2n) is 6.85. The number of nitrogens with one attached hydrogen (secondary N) is 1. The smallest absolute Gasteiger partial charge is 0.328 e. The number of rotatable bonds is 4. The van der Waals surface area contributed by atoms with Gasteiger partial charge in [0.25, 0.3) is 0 Å². The molecule has 130 valence electrons. The fourth-order valence-electron chi connectivity index (χ4n) is 1.95. The number of carboxylic acid groups (broad SMARTS) is 2. The molecule has 3 N–H and O–H groups in total. The minimum Gasteiger partial charge on any atom is -0.478 e. The molecule has 1 aliphatic carbocycles. The molecule has 0 unspecified atom stereocenters. The molecule has 1 aromatic rings. The van der Waals surface area contributed by atoms with E-state index in [1.165, 1.54) is 18.5 Å². The Kier molecular flexibility index (Phi) is 7.25. The molecule has 6 heteroatoms. The van der Waals surface area contributed by atoms with E-state index in [9.17, 15) is 9.59 Å². The highest BCUT2D eigenvalue weighted by Gasteiger charge is 2.37. The zero-order valence-corrected chi connectivity index (χ0v) is 14.2. The molecular formula is C18H24N2O4. The van der Waals surface area contributed by atoms with Crippen molar-refractivity contribution in [3.63, 3.8) is 0 Å². The van der Waals surface area contributed by atoms with Crippen molar-refractivity contribution < 1.29 is 19.8 Å². The number of carboxylic acids is 2. The summed E-state index contributed by atoms with van der Waals surface area (Å²) < 4.78 is 0. The molecule has 0 bridgehead atoms. The molecule has 0 amide bonds. The third kappa shape index (κ3) is 8.79. The SMILES string of the molecule is CC(C)(C)CCC#C[C@@H]1C[C@H]1c1cnc[nH]1.O=C(O)C=CC(=O)O. The fraction of sp³-hybridized carbons (Fsp3) is 0.500. The molecule has 0 aromatic carbocycles. The van der Waals surface area contributed by atoms with Crippen LogP contribution in [-0.2, 0) is 9.59 Å². The summed E-state index contributed by atoms with van der Waals surface area (Å²) >= 11 is 0. The number of aliphatic carboxylic acids is 2. The van der Waals surface area contributed by atoms with Crippen molar-refractivity contribution in [2.24, 2.45) is 11.3 Å². The van der Waals surface area contributed by atoms with E-state index < -0.39 is 11.9 Å². The Morgan fingerprint density at radius 2 is 1.96 bits per heavy atom. The first-order valence-electron chi connectivity index (χ1n) is 7.79. The number of aromatic nitrogens is 2. The minimum absolute atomic E-state index is 0.404. The van der Waals surface area contributed by atoms with Gasteiger partial charge in [0, 0.05) is 42.3 Å². The number of imidazole rings is 1. The summed E-state index contributed by atoms with van der Waals surface area (Å²) in [6, 6.07) is 0. The quantitative estimate of drug-likeness (QED) is 0.581. The lowest BCUT2D eigenvalue weighted by atomic mass is 9.91. The number of aromatic amines is 1. The fourth-order valence-corrected chi connectivity index (χ4v) is 1.95. The minimum atomic E-state index is -1.26. The van der Waals surface area contributed by atoms with Crippen LogP contribution in [0.4, 0.5) is 0 Å². The molecule has 6 nitrogen and oxygen atoms in total. The molecule has 24 heavy (non-hydrogen) atoms. The van der Waals surface area contributed by atoms with Gasteiger partial charge in [-0.2, -0.15) is 0 Å². The average molecular weight is 332 g/mol. The van der Waals surface area contributed by atoms with Gasteiger partial charge in [0.1, 0.15) is 0 Å². The van der Waals surface area contributed by atoms with E-state index in [2.05, 4.69) is 42.6 Å². The lowest BCUT2D eigenvalue weighted by Gasteiger charge is -2.15. The van der Waals surface area contributed by atoms with Gasteiger partial charge in [0.15, 0.2) is 0 Å². The second-order valence-corrected chi connectivity index (χ2v) is 6.85. The van der Waals surface area contributed by atoms with Gasteiger partial charge in [-0.05, 0) is 18.3 Å². The Hall–Kier alpha value is -2.55. The van der Waals surface area contributed by atoms with Gasteiger partial charge >= 0.3 is 11.9 Å². The Balaban J connectivity index is 0.000000307. The molecule has 0 saturated heterocycles. The highest BCUT2D eigenvalue weighted by Crippen LogP contribution is 2.45. The van der Waals surface area contributed by atoms with Crippen LogP contribution in [0.25, 0.3) is 0 Å². The standard InChI is InChI=1S/C14H20N2.C4H4O4/c1-14(2,3)7-5-4-6-11-8-12(11)13-9-15-10-16-13;5-3(6)1-2-4(7)8/h9-12H,5,7-8H2,1-3H3,(H,15,16);1-2H,(H,5,6)(H,7,8)/t11-,12-;/m1./s1. The molecule has 1 saturated carbocycles. The van der Waals surface area contributed by atoms with E-state index in [4.69, 9.17) is 10.2 Å². The van der Waals surface area contributed by atoms with Crippen LogP contribution >= 0.6 is 0 Å². The van der Waals surface area contributed by atoms with Gasteiger partial charge in [-0.3, -0.25) is 0 Å². The lowest BCUT2D eigenvalue weighted by Crippen LogP contribution is -2.03. The van der Waals surface area contributed by atoms with Crippen LogP contribution in [0.2, 0.25) is 0 Å². The summed E-state index contributed by atoms with van der Waals surface area (Å²) in [5.41, 5.74) is 1.65. The normalized spacial score (nSPS) is 19.0. The Morgan fingerprint density at radius 1 is 1.33 bits per heavy atom. The first kappa shape index (κ1) is 19.5. The van der Waals surface area contributed by atoms with Crippen molar-refractivity contribution in [2.45, 2.75) is 46.0 Å². The summed E-state index contributed by atoms with van der Waals surface area (Å²) in [7, 11) is 0. The maximum atomic E-state index is 9.55. The number of carbonyl (C=O) groups is 2. The first-order valence-corrected chi connectivity index (χ1v) is 7.79. The van der Waals surface area contributed by atoms with Gasteiger partial charge in [-0.15, -0.1) is 5.92 Å². The van der Waals surface area contributed by atoms with Crippen LogP contribution < -0.4 is 0 Å². The summed E-state index contributed by atoms with van der Waals surface area (Å²) in [5.74, 6) is 5.35. The summed E-state index contributed by atoms with van der Waals surface area (Å²) in [6.45, 7) is 6.79. The van der Waals surface area contributed by atoms with Crippen LogP contribution in [0.1, 0.15) is 51.6 Å². The van der Waals surface area contributed by atoms with E-state index >= 15 is 0 Å². The number of hydrogen-bond donors (Lipinski definition) is 3. The molecule has 0 aliphatic heterocycles. The maximum absolute atomic E-state index is 9.55. The lowest BCUT2D eigenvalue weighted by molar-refractivity contribution is -0.134. The van der Waals surface area contributed by atoms with E-state index in [-0.39, 0.29) is 0 Å². The molecule has 2 atom stereocenters. The number of nitrogens with zero attached hydrogens (tertiary/aromatic N) is 1. The van der Waals surface area contributed by atoms with Crippen molar-refractivity contribution in [1.82, 2.24) is 9.97 Å². The molecule has 0 spiro atoms. The molecule has 1 heterocycles. The highest BCUT2D eigenvalue weighted by molar-refractivity contribution is 5.89. The van der Waals surface area contributed by atoms with Crippen molar-refractivity contribution in [3.8, 4) is 11.8 Å². The summed E-state index contributed by atoms with van der Waals surface area (Å²) in [4.78, 5) is 26.3. The number of H-pyrrole nitrogens is 1. The average Bonchev–Trinajstić information content (AvgIpc) is 3.02. The zero-order chi connectivity index (χ0) is 18.2. The predicted molar refractivity (Wildman–Crippen MR) is 90.3 cm³/mol. The number of hydrogen-bond acceptors (Lipinski definition) is 3. The monoisotopic (exact) mass is 332 g/mol. The van der Waals surface area contributed by atoms with Crippen LogP contribution in [0, 0.1) is 23.2 Å². The van der Waals surface area contributed by atoms with Gasteiger partial charge in [-0.25, -0.2) is 14.6 Å². The maximum Gasteiger partial charge on any atom is 0.328 e. The van der Waals surface area contributed by atoms with E-state index in [0.717, 1.165) is 6.42 Å². The van der Waals surface area contributed by atoms with Crippen LogP contribution in [0.5, 0.6) is 0 Å². The van der Waals surface area contributed by atoms with E-state index in [1.807, 2.05) is 6.20 Å². The Morgan fingerprint density at radius 3 is 2.42 bits per heavy atom. The Bertz CT molecular complexity index is 614. The molecule has 1 aromatic heterocycles. The third-order valence-electron chi connectivity index (χ3n) is 3.37. The van der Waals surface area contributed by atoms with Gasteiger partial charge in [-0.1, -0.05) is 26.7 Å². The first-order chi connectivity index (χ1) is 11.2. The summed E-state index contributed by atoms with van der Waals surface area (Å²) in [5, 5.41) is 15.6. The third-order valence-corrected chi connectivity index (χ3v) is 3.37. The second kappa shape index (κ2) is 8.92. The molecule has 2 rings (SSSR count). The molecular weight excluding hydrogens is 308 g/mol. The van der Waals surface area contributed by atoms with Gasteiger partial charge in [0.05, 0.1) is 6.33 Å². The molecule has 0 radical (unpaired) electrons. The molecule has 1 fully saturated rings. The van der Waals surface area contributed by atoms with Gasteiger partial charge in [0.2, 0.25) is 0 Å². The van der Waals surface area contributed by atoms with Crippen molar-refractivity contribution in [2.75, 3.05) is 0 Å². The van der Waals surface area contributed by atoms with Gasteiger partial charge < -0.3 is 15.2 Å². The van der Waals surface area contributed by atoms with Crippen molar-refractivity contribution >= 4 is 11.9 Å². The van der Waals surface area contributed by atoms with Crippen molar-refractivity contribution in [3.05, 3.63) is 30.4 Å². The van der Waals surface area contributed by atoms with E-state index in [1.54, 1.807) is 6.33 Å². The van der Waals surface area contributed by atoms with Crippen LogP contribution in [0.3, 0.4) is 0 Å². The van der Waals surface area contributed by atoms with Crippen LogP contribution in [0.15, 0.2) is 24.7 Å². The Labute approximate surface area is 142 Å². The largest absolute Gasteiger partial charge is 0.478 e. The zero-order valence-electron chi connectivity index (χ0n) is 14.2. The predicted octanol–water partition coefficient (Wildman–Crippen LogP) is 3.05. The molecule has 1 aliphatic rings. The highest BCUT2D eigenvalue weighted by atomic mass is 16.4. The topological polar surface area (TPSA) is 103 Å². The van der Waals surface area contributed by atoms with Crippen LogP contribution in [-0.4, -0.2) is 32.1 Å². The van der Waals surface area contributed by atoms with Crippen molar-refractivity contribution in [1.29, 1.82) is 0 Å². The van der Waals surface area contributed by atoms with E-state index in [0.29, 0.717) is 29.4 Å².